The molecule has 0 fully saturated rings. The standard InChI is InChI=1S/C8H12F2N2O2/c9-8(10)5-13-2-1-11-3-7-4-12-6-14-7/h4,6,8,11H,1-3,5H2. The van der Waals surface area contributed by atoms with Crippen LogP contribution >= 0.6 is 0 Å². The SMILES string of the molecule is FC(F)COCCNCc1cnco1. The molecule has 1 aromatic heterocycles. The molecule has 0 unspecified atom stereocenters. The third kappa shape index (κ3) is 4.88. The number of ether oxygens (including phenoxy) is 1. The lowest BCUT2D eigenvalue weighted by molar-refractivity contribution is 0.0186. The molecule has 0 atom stereocenters. The van der Waals surface area contributed by atoms with Crippen LogP contribution in [0.3, 0.4) is 0 Å². The second-order valence-electron chi connectivity index (χ2n) is 2.61. The summed E-state index contributed by atoms with van der Waals surface area (Å²) < 4.78 is 32.8. The molecule has 80 valence electrons. The van der Waals surface area contributed by atoms with Crippen LogP contribution in [0.25, 0.3) is 0 Å². The topological polar surface area (TPSA) is 47.3 Å². The van der Waals surface area contributed by atoms with Crippen molar-refractivity contribution < 1.29 is 17.9 Å². The van der Waals surface area contributed by atoms with E-state index >= 15 is 0 Å². The molecule has 1 N–H and O–H groups in total. The van der Waals surface area contributed by atoms with E-state index in [1.807, 2.05) is 0 Å². The molecule has 0 amide bonds. The highest BCUT2D eigenvalue weighted by Gasteiger charge is 2.01. The summed E-state index contributed by atoms with van der Waals surface area (Å²) in [5.41, 5.74) is 0. The van der Waals surface area contributed by atoms with Gasteiger partial charge in [0, 0.05) is 6.54 Å². The van der Waals surface area contributed by atoms with Gasteiger partial charge in [0.05, 0.1) is 19.3 Å². The minimum Gasteiger partial charge on any atom is -0.447 e. The Morgan fingerprint density at radius 3 is 3.07 bits per heavy atom. The van der Waals surface area contributed by atoms with Gasteiger partial charge in [0.1, 0.15) is 12.4 Å². The number of oxazole rings is 1. The van der Waals surface area contributed by atoms with Gasteiger partial charge in [0.25, 0.3) is 6.43 Å². The van der Waals surface area contributed by atoms with Crippen LogP contribution in [0.1, 0.15) is 5.76 Å². The van der Waals surface area contributed by atoms with Gasteiger partial charge in [-0.25, -0.2) is 13.8 Å². The van der Waals surface area contributed by atoms with Gasteiger partial charge in [-0.2, -0.15) is 0 Å². The van der Waals surface area contributed by atoms with Gasteiger partial charge in [0.2, 0.25) is 0 Å². The average molecular weight is 206 g/mol. The molecule has 0 aliphatic carbocycles. The summed E-state index contributed by atoms with van der Waals surface area (Å²) in [4.78, 5) is 3.72. The first-order valence-corrected chi connectivity index (χ1v) is 4.23. The van der Waals surface area contributed by atoms with E-state index in [-0.39, 0.29) is 6.61 Å². The number of hydrogen-bond donors (Lipinski definition) is 1. The molecule has 0 bridgehead atoms. The van der Waals surface area contributed by atoms with E-state index in [4.69, 9.17) is 4.42 Å². The smallest absolute Gasteiger partial charge is 0.261 e. The molecule has 0 aliphatic heterocycles. The molecular formula is C8H12F2N2O2. The number of rotatable bonds is 7. The molecular weight excluding hydrogens is 194 g/mol. The fraction of sp³-hybridized carbons (Fsp3) is 0.625. The maximum absolute atomic E-state index is 11.6. The molecule has 1 aromatic rings. The Bertz CT molecular complexity index is 229. The van der Waals surface area contributed by atoms with E-state index in [0.717, 1.165) is 0 Å². The number of alkyl halides is 2. The Labute approximate surface area is 80.3 Å². The minimum absolute atomic E-state index is 0.262. The van der Waals surface area contributed by atoms with Crippen molar-refractivity contribution in [2.24, 2.45) is 0 Å². The van der Waals surface area contributed by atoms with Crippen molar-refractivity contribution in [3.8, 4) is 0 Å². The van der Waals surface area contributed by atoms with Crippen molar-refractivity contribution in [1.29, 1.82) is 0 Å². The third-order valence-corrected chi connectivity index (χ3v) is 1.45. The third-order valence-electron chi connectivity index (χ3n) is 1.45. The number of halogens is 2. The predicted octanol–water partition coefficient (Wildman–Crippen LogP) is 1.05. The Kier molecular flexibility index (Phi) is 5.09. The molecule has 1 heterocycles. The molecule has 0 aromatic carbocycles. The van der Waals surface area contributed by atoms with Crippen molar-refractivity contribution in [3.63, 3.8) is 0 Å². The van der Waals surface area contributed by atoms with Crippen LogP contribution in [-0.4, -0.2) is 31.2 Å². The Balaban J connectivity index is 1.90. The first-order chi connectivity index (χ1) is 6.79. The van der Waals surface area contributed by atoms with Crippen molar-refractivity contribution in [3.05, 3.63) is 18.4 Å². The van der Waals surface area contributed by atoms with Crippen LogP contribution in [0.2, 0.25) is 0 Å². The zero-order valence-electron chi connectivity index (χ0n) is 7.58. The van der Waals surface area contributed by atoms with E-state index in [1.165, 1.54) is 6.39 Å². The molecule has 0 saturated heterocycles. The highest BCUT2D eigenvalue weighted by molar-refractivity contribution is 4.86. The van der Waals surface area contributed by atoms with Crippen molar-refractivity contribution in [2.45, 2.75) is 13.0 Å². The van der Waals surface area contributed by atoms with Crippen molar-refractivity contribution >= 4 is 0 Å². The van der Waals surface area contributed by atoms with E-state index in [0.29, 0.717) is 18.8 Å². The Hall–Kier alpha value is -1.01. The van der Waals surface area contributed by atoms with Crippen LogP contribution < -0.4 is 5.32 Å². The maximum Gasteiger partial charge on any atom is 0.261 e. The highest BCUT2D eigenvalue weighted by Crippen LogP contribution is 1.94. The molecule has 6 heteroatoms. The summed E-state index contributed by atoms with van der Waals surface area (Å²) in [7, 11) is 0. The van der Waals surface area contributed by atoms with Crippen LogP contribution in [0.15, 0.2) is 17.0 Å². The monoisotopic (exact) mass is 206 g/mol. The lowest BCUT2D eigenvalue weighted by Crippen LogP contribution is -2.20. The molecule has 14 heavy (non-hydrogen) atoms. The van der Waals surface area contributed by atoms with Crippen molar-refractivity contribution in [2.75, 3.05) is 19.8 Å². The zero-order valence-corrected chi connectivity index (χ0v) is 7.58. The van der Waals surface area contributed by atoms with Gasteiger partial charge in [-0.05, 0) is 0 Å². The quantitative estimate of drug-likeness (QED) is 0.677. The summed E-state index contributed by atoms with van der Waals surface area (Å²) >= 11 is 0. The summed E-state index contributed by atoms with van der Waals surface area (Å²) in [6.45, 7) is 0.786. The number of nitrogens with one attached hydrogen (secondary N) is 1. The van der Waals surface area contributed by atoms with Gasteiger partial charge < -0.3 is 14.5 Å². The highest BCUT2D eigenvalue weighted by atomic mass is 19.3. The van der Waals surface area contributed by atoms with Gasteiger partial charge >= 0.3 is 0 Å². The fourth-order valence-corrected chi connectivity index (χ4v) is 0.858. The van der Waals surface area contributed by atoms with E-state index in [9.17, 15) is 8.78 Å². The zero-order chi connectivity index (χ0) is 10.2. The van der Waals surface area contributed by atoms with E-state index in [1.54, 1.807) is 6.20 Å². The second kappa shape index (κ2) is 6.44. The first kappa shape index (κ1) is 11.1. The summed E-state index contributed by atoms with van der Waals surface area (Å²) in [5, 5.41) is 2.96. The van der Waals surface area contributed by atoms with Crippen LogP contribution in [0, 0.1) is 0 Å². The van der Waals surface area contributed by atoms with Gasteiger partial charge in [0.15, 0.2) is 6.39 Å². The first-order valence-electron chi connectivity index (χ1n) is 4.23. The molecule has 0 aliphatic rings. The Morgan fingerprint density at radius 1 is 1.57 bits per heavy atom. The van der Waals surface area contributed by atoms with Crippen molar-refractivity contribution in [1.82, 2.24) is 10.3 Å². The number of nitrogens with zero attached hydrogens (tertiary/aromatic N) is 1. The predicted molar refractivity (Wildman–Crippen MR) is 45.0 cm³/mol. The van der Waals surface area contributed by atoms with Crippen LogP contribution in [0.4, 0.5) is 8.78 Å². The lowest BCUT2D eigenvalue weighted by Gasteiger charge is -2.03. The normalized spacial score (nSPS) is 11.1. The molecule has 4 nitrogen and oxygen atoms in total. The average Bonchev–Trinajstić information content (AvgIpc) is 2.63. The Morgan fingerprint density at radius 2 is 2.43 bits per heavy atom. The van der Waals surface area contributed by atoms with Gasteiger partial charge in [-0.15, -0.1) is 0 Å². The number of hydrogen-bond acceptors (Lipinski definition) is 4. The molecule has 0 saturated carbocycles. The number of aromatic nitrogens is 1. The fourth-order valence-electron chi connectivity index (χ4n) is 0.858. The largest absolute Gasteiger partial charge is 0.447 e. The van der Waals surface area contributed by atoms with E-state index < -0.39 is 13.0 Å². The summed E-state index contributed by atoms with van der Waals surface area (Å²) in [6, 6.07) is 0. The lowest BCUT2D eigenvalue weighted by atomic mass is 10.5. The van der Waals surface area contributed by atoms with Gasteiger partial charge in [-0.3, -0.25) is 0 Å². The molecule has 0 spiro atoms. The second-order valence-corrected chi connectivity index (χ2v) is 2.61. The maximum atomic E-state index is 11.6. The van der Waals surface area contributed by atoms with Crippen LogP contribution in [0.5, 0.6) is 0 Å². The minimum atomic E-state index is -2.40. The molecule has 1 rings (SSSR count). The van der Waals surface area contributed by atoms with E-state index in [2.05, 4.69) is 15.0 Å². The van der Waals surface area contributed by atoms with Gasteiger partial charge in [-0.1, -0.05) is 0 Å². The summed E-state index contributed by atoms with van der Waals surface area (Å²) in [6.07, 6.45) is 0.529. The summed E-state index contributed by atoms with van der Waals surface area (Å²) in [5.74, 6) is 0.707. The van der Waals surface area contributed by atoms with Crippen LogP contribution in [-0.2, 0) is 11.3 Å². The molecule has 0 radical (unpaired) electrons.